The van der Waals surface area contributed by atoms with E-state index >= 15 is 0 Å². The minimum absolute atomic E-state index is 0.177. The zero-order chi connectivity index (χ0) is 14.9. The molecule has 2 rings (SSSR count). The van der Waals surface area contributed by atoms with E-state index in [0.29, 0.717) is 0 Å². The van der Waals surface area contributed by atoms with Crippen molar-refractivity contribution in [1.29, 1.82) is 0 Å². The lowest BCUT2D eigenvalue weighted by Crippen LogP contribution is -2.04. The minimum atomic E-state index is -1.27. The average molecular weight is 361 g/mol. The van der Waals surface area contributed by atoms with Crippen LogP contribution in [0.3, 0.4) is 0 Å². The van der Waals surface area contributed by atoms with Crippen LogP contribution >= 0.6 is 27.5 Å². The summed E-state index contributed by atoms with van der Waals surface area (Å²) in [5.41, 5.74) is 5.01. The second kappa shape index (κ2) is 5.68. The van der Waals surface area contributed by atoms with Gasteiger partial charge < -0.3 is 15.6 Å². The van der Waals surface area contributed by atoms with Crippen molar-refractivity contribution in [3.05, 3.63) is 51.2 Å². The van der Waals surface area contributed by atoms with Crippen LogP contribution in [0.5, 0.6) is 11.5 Å². The number of carboxylic acids is 1. The molecule has 7 heteroatoms. The summed E-state index contributed by atoms with van der Waals surface area (Å²) in [4.78, 5) is 11.0. The van der Waals surface area contributed by atoms with Crippen molar-refractivity contribution in [3.63, 3.8) is 0 Å². The maximum atomic E-state index is 13.7. The molecule has 0 spiro atoms. The van der Waals surface area contributed by atoms with Crippen molar-refractivity contribution in [2.75, 3.05) is 5.73 Å². The van der Waals surface area contributed by atoms with E-state index in [9.17, 15) is 9.18 Å². The molecule has 0 saturated carbocycles. The molecule has 4 nitrogen and oxygen atoms in total. The molecule has 2 aromatic rings. The van der Waals surface area contributed by atoms with Gasteiger partial charge in [-0.3, -0.25) is 0 Å². The summed E-state index contributed by atoms with van der Waals surface area (Å²) in [6.45, 7) is 0. The van der Waals surface area contributed by atoms with Crippen molar-refractivity contribution in [2.24, 2.45) is 0 Å². The molecule has 0 aliphatic heterocycles. The first-order chi connectivity index (χ1) is 9.38. The Bertz CT molecular complexity index is 694. The fourth-order valence-corrected chi connectivity index (χ4v) is 2.22. The van der Waals surface area contributed by atoms with Crippen molar-refractivity contribution in [3.8, 4) is 11.5 Å². The standard InChI is InChI=1S/C13H8BrClFNO3/c14-6-1-2-11(8(15)3-6)20-12-4-7(13(18)19)10(17)5-9(12)16/h1-5H,17H2,(H,18,19). The maximum absolute atomic E-state index is 13.7. The van der Waals surface area contributed by atoms with Crippen LogP contribution in [0.1, 0.15) is 10.4 Å². The monoisotopic (exact) mass is 359 g/mol. The lowest BCUT2D eigenvalue weighted by molar-refractivity contribution is 0.0697. The molecule has 104 valence electrons. The maximum Gasteiger partial charge on any atom is 0.337 e. The molecule has 0 unspecified atom stereocenters. The smallest absolute Gasteiger partial charge is 0.337 e. The SMILES string of the molecule is Nc1cc(F)c(Oc2ccc(Br)cc2Cl)cc1C(=O)O. The van der Waals surface area contributed by atoms with E-state index < -0.39 is 11.8 Å². The van der Waals surface area contributed by atoms with Crippen LogP contribution in [0.2, 0.25) is 5.02 Å². The van der Waals surface area contributed by atoms with Gasteiger partial charge in [-0.2, -0.15) is 0 Å². The summed E-state index contributed by atoms with van der Waals surface area (Å²) >= 11 is 9.17. The first-order valence-electron chi connectivity index (χ1n) is 5.33. The molecule has 2 aromatic carbocycles. The highest BCUT2D eigenvalue weighted by Crippen LogP contribution is 2.34. The van der Waals surface area contributed by atoms with Crippen LogP contribution in [0.4, 0.5) is 10.1 Å². The molecule has 0 heterocycles. The molecule has 0 atom stereocenters. The fraction of sp³-hybridized carbons (Fsp3) is 0. The Hall–Kier alpha value is -1.79. The molecule has 0 saturated heterocycles. The number of carbonyl (C=O) groups is 1. The van der Waals surface area contributed by atoms with Crippen LogP contribution < -0.4 is 10.5 Å². The normalized spacial score (nSPS) is 10.3. The number of nitrogens with two attached hydrogens (primary N) is 1. The fourth-order valence-electron chi connectivity index (χ4n) is 1.51. The molecule has 20 heavy (non-hydrogen) atoms. The van der Waals surface area contributed by atoms with Crippen LogP contribution in [0, 0.1) is 5.82 Å². The molecule has 0 radical (unpaired) electrons. The van der Waals surface area contributed by atoms with E-state index in [-0.39, 0.29) is 27.8 Å². The van der Waals surface area contributed by atoms with Gasteiger partial charge in [0.05, 0.1) is 10.6 Å². The number of nitrogen functional groups attached to an aromatic ring is 1. The molecule has 0 fully saturated rings. The van der Waals surface area contributed by atoms with Gasteiger partial charge in [0, 0.05) is 22.3 Å². The van der Waals surface area contributed by atoms with Crippen LogP contribution in [0.15, 0.2) is 34.8 Å². The molecule has 0 aliphatic rings. The van der Waals surface area contributed by atoms with E-state index in [1.54, 1.807) is 12.1 Å². The Balaban J connectivity index is 2.43. The van der Waals surface area contributed by atoms with E-state index in [0.717, 1.165) is 16.6 Å². The van der Waals surface area contributed by atoms with Gasteiger partial charge in [-0.25, -0.2) is 9.18 Å². The second-order valence-electron chi connectivity index (χ2n) is 3.85. The van der Waals surface area contributed by atoms with Crippen LogP contribution in [-0.2, 0) is 0 Å². The van der Waals surface area contributed by atoms with Crippen molar-refractivity contribution in [1.82, 2.24) is 0 Å². The zero-order valence-electron chi connectivity index (χ0n) is 9.86. The third-order valence-corrected chi connectivity index (χ3v) is 3.24. The quantitative estimate of drug-likeness (QED) is 0.800. The number of hydrogen-bond donors (Lipinski definition) is 2. The Kier molecular flexibility index (Phi) is 4.15. The van der Waals surface area contributed by atoms with Gasteiger partial charge in [-0.05, 0) is 18.2 Å². The Morgan fingerprint density at radius 2 is 2.00 bits per heavy atom. The predicted molar refractivity (Wildman–Crippen MR) is 77.0 cm³/mol. The van der Waals surface area contributed by atoms with Gasteiger partial charge in [0.15, 0.2) is 11.6 Å². The minimum Gasteiger partial charge on any atom is -0.478 e. The van der Waals surface area contributed by atoms with Gasteiger partial charge in [0.1, 0.15) is 5.75 Å². The van der Waals surface area contributed by atoms with E-state index in [1.165, 1.54) is 6.07 Å². The summed E-state index contributed by atoms with van der Waals surface area (Å²) in [7, 11) is 0. The number of halogens is 3. The largest absolute Gasteiger partial charge is 0.478 e. The third kappa shape index (κ3) is 3.02. The van der Waals surface area contributed by atoms with Crippen molar-refractivity contribution in [2.45, 2.75) is 0 Å². The number of hydrogen-bond acceptors (Lipinski definition) is 3. The van der Waals surface area contributed by atoms with E-state index in [2.05, 4.69) is 15.9 Å². The lowest BCUT2D eigenvalue weighted by Gasteiger charge is -2.10. The van der Waals surface area contributed by atoms with Crippen LogP contribution in [0.25, 0.3) is 0 Å². The summed E-state index contributed by atoms with van der Waals surface area (Å²) in [5, 5.41) is 9.20. The van der Waals surface area contributed by atoms with E-state index in [4.69, 9.17) is 27.2 Å². The first-order valence-corrected chi connectivity index (χ1v) is 6.51. The highest BCUT2D eigenvalue weighted by atomic mass is 79.9. The average Bonchev–Trinajstić information content (AvgIpc) is 2.35. The van der Waals surface area contributed by atoms with Gasteiger partial charge in [0.25, 0.3) is 0 Å². The number of ether oxygens (including phenoxy) is 1. The topological polar surface area (TPSA) is 72.5 Å². The predicted octanol–water partition coefficient (Wildman–Crippen LogP) is 4.31. The number of carboxylic acid groups (broad SMARTS) is 1. The second-order valence-corrected chi connectivity index (χ2v) is 5.17. The summed E-state index contributed by atoms with van der Waals surface area (Å²) in [6.07, 6.45) is 0. The Labute approximate surface area is 127 Å². The Morgan fingerprint density at radius 3 is 2.60 bits per heavy atom. The molecular formula is C13H8BrClFNO3. The molecule has 0 amide bonds. The lowest BCUT2D eigenvalue weighted by atomic mass is 10.1. The highest BCUT2D eigenvalue weighted by Gasteiger charge is 2.15. The van der Waals surface area contributed by atoms with E-state index in [1.807, 2.05) is 0 Å². The van der Waals surface area contributed by atoms with Gasteiger partial charge in [-0.1, -0.05) is 27.5 Å². The highest BCUT2D eigenvalue weighted by molar-refractivity contribution is 9.10. The number of benzene rings is 2. The van der Waals surface area contributed by atoms with Gasteiger partial charge >= 0.3 is 5.97 Å². The Morgan fingerprint density at radius 1 is 1.30 bits per heavy atom. The summed E-state index contributed by atoms with van der Waals surface area (Å²) in [5.74, 6) is -2.10. The van der Waals surface area contributed by atoms with Crippen LogP contribution in [-0.4, -0.2) is 11.1 Å². The third-order valence-electron chi connectivity index (χ3n) is 2.45. The van der Waals surface area contributed by atoms with Crippen molar-refractivity contribution >= 4 is 39.2 Å². The number of rotatable bonds is 3. The number of anilines is 1. The molecular weight excluding hydrogens is 353 g/mol. The summed E-state index contributed by atoms with van der Waals surface area (Å²) < 4.78 is 19.8. The molecule has 0 bridgehead atoms. The summed E-state index contributed by atoms with van der Waals surface area (Å²) in [6, 6.07) is 6.68. The zero-order valence-corrected chi connectivity index (χ0v) is 12.2. The van der Waals surface area contributed by atoms with Gasteiger partial charge in [-0.15, -0.1) is 0 Å². The molecule has 0 aromatic heterocycles. The molecule has 0 aliphatic carbocycles. The number of aromatic carboxylic acids is 1. The first kappa shape index (κ1) is 14.6. The van der Waals surface area contributed by atoms with Crippen molar-refractivity contribution < 1.29 is 19.0 Å². The molecule has 3 N–H and O–H groups in total. The van der Waals surface area contributed by atoms with Gasteiger partial charge in [0.2, 0.25) is 0 Å².